The molecule has 0 saturated carbocycles. The van der Waals surface area contributed by atoms with Crippen LogP contribution in [0.5, 0.6) is 0 Å². The largest absolute Gasteiger partial charge is 0.478 e. The van der Waals surface area contributed by atoms with Crippen molar-refractivity contribution in [2.45, 2.75) is 0 Å². The summed E-state index contributed by atoms with van der Waals surface area (Å²) in [7, 11) is 0. The monoisotopic (exact) mass is 282 g/mol. The lowest BCUT2D eigenvalue weighted by atomic mass is 10.1. The number of aromatic carboxylic acids is 1. The maximum Gasteiger partial charge on any atom is 0.337 e. The van der Waals surface area contributed by atoms with Crippen LogP contribution >= 0.6 is 23.2 Å². The molecule has 3 N–H and O–H groups in total. The molecule has 6 heteroatoms. The smallest absolute Gasteiger partial charge is 0.337 e. The minimum atomic E-state index is -1.10. The fraction of sp³-hybridized carbons (Fsp3) is 0. The summed E-state index contributed by atoms with van der Waals surface area (Å²) < 4.78 is 0. The zero-order valence-corrected chi connectivity index (χ0v) is 10.5. The van der Waals surface area contributed by atoms with Crippen molar-refractivity contribution in [3.05, 3.63) is 46.1 Å². The summed E-state index contributed by atoms with van der Waals surface area (Å²) in [5.41, 5.74) is 6.88. The van der Waals surface area contributed by atoms with E-state index in [4.69, 9.17) is 34.0 Å². The highest BCUT2D eigenvalue weighted by Crippen LogP contribution is 2.31. The number of halogens is 2. The second-order valence-electron chi connectivity index (χ2n) is 3.55. The third-order valence-corrected chi connectivity index (χ3v) is 3.15. The van der Waals surface area contributed by atoms with Crippen LogP contribution in [0.3, 0.4) is 0 Å². The van der Waals surface area contributed by atoms with Gasteiger partial charge in [-0.15, -0.1) is 0 Å². The van der Waals surface area contributed by atoms with Gasteiger partial charge in [-0.1, -0.05) is 29.3 Å². The minimum absolute atomic E-state index is 0.00562. The molecule has 2 rings (SSSR count). The topological polar surface area (TPSA) is 76.2 Å². The van der Waals surface area contributed by atoms with Crippen LogP contribution in [-0.2, 0) is 0 Å². The molecule has 0 spiro atoms. The Balaban J connectivity index is 2.60. The maximum atomic E-state index is 11.0. The number of carboxylic acid groups (broad SMARTS) is 1. The number of benzene rings is 1. The van der Waals surface area contributed by atoms with Crippen LogP contribution in [0.1, 0.15) is 10.4 Å². The van der Waals surface area contributed by atoms with E-state index < -0.39 is 5.97 Å². The second-order valence-corrected chi connectivity index (χ2v) is 4.37. The molecule has 0 radical (unpaired) electrons. The van der Waals surface area contributed by atoms with E-state index in [1.54, 1.807) is 18.2 Å². The first-order chi connectivity index (χ1) is 8.50. The Labute approximate surface area is 113 Å². The average molecular weight is 283 g/mol. The summed E-state index contributed by atoms with van der Waals surface area (Å²) in [5.74, 6) is -1.10. The molecule has 0 unspecified atom stereocenters. The molecule has 1 heterocycles. The SMILES string of the molecule is Nc1c(C(=O)O)ccnc1-c1ccc(Cl)c(Cl)c1. The van der Waals surface area contributed by atoms with Gasteiger partial charge in [-0.05, 0) is 18.2 Å². The predicted octanol–water partition coefficient (Wildman–Crippen LogP) is 3.34. The van der Waals surface area contributed by atoms with Crippen molar-refractivity contribution in [1.29, 1.82) is 0 Å². The van der Waals surface area contributed by atoms with Gasteiger partial charge in [0, 0.05) is 11.8 Å². The molecule has 1 aromatic heterocycles. The molecule has 0 fully saturated rings. The average Bonchev–Trinajstić information content (AvgIpc) is 2.33. The first-order valence-corrected chi connectivity index (χ1v) is 5.69. The molecule has 0 atom stereocenters. The normalized spacial score (nSPS) is 10.3. The van der Waals surface area contributed by atoms with Crippen molar-refractivity contribution >= 4 is 34.9 Å². The zero-order valence-electron chi connectivity index (χ0n) is 9.02. The Morgan fingerprint density at radius 1 is 1.22 bits per heavy atom. The standard InChI is InChI=1S/C12H8Cl2N2O2/c13-8-2-1-6(5-9(8)14)11-10(15)7(12(17)18)3-4-16-11/h1-5H,15H2,(H,17,18). The highest BCUT2D eigenvalue weighted by molar-refractivity contribution is 6.42. The lowest BCUT2D eigenvalue weighted by molar-refractivity contribution is 0.0698. The number of carboxylic acids is 1. The Bertz CT molecular complexity index is 629. The number of rotatable bonds is 2. The lowest BCUT2D eigenvalue weighted by Crippen LogP contribution is -2.05. The predicted molar refractivity (Wildman–Crippen MR) is 71.1 cm³/mol. The van der Waals surface area contributed by atoms with E-state index in [0.717, 1.165) is 0 Å². The fourth-order valence-corrected chi connectivity index (χ4v) is 1.83. The van der Waals surface area contributed by atoms with Gasteiger partial charge in [-0.2, -0.15) is 0 Å². The van der Waals surface area contributed by atoms with Crippen LogP contribution in [0.15, 0.2) is 30.5 Å². The number of pyridine rings is 1. The van der Waals surface area contributed by atoms with Gasteiger partial charge in [-0.3, -0.25) is 4.98 Å². The summed E-state index contributed by atoms with van der Waals surface area (Å²) in [6.45, 7) is 0. The van der Waals surface area contributed by atoms with Gasteiger partial charge in [0.25, 0.3) is 0 Å². The number of nitrogens with two attached hydrogens (primary N) is 1. The molecule has 18 heavy (non-hydrogen) atoms. The van der Waals surface area contributed by atoms with Gasteiger partial charge in [-0.25, -0.2) is 4.79 Å². The van der Waals surface area contributed by atoms with Crippen LogP contribution in [0.25, 0.3) is 11.3 Å². The highest BCUT2D eigenvalue weighted by atomic mass is 35.5. The van der Waals surface area contributed by atoms with E-state index in [1.807, 2.05) is 0 Å². The molecule has 0 aliphatic rings. The van der Waals surface area contributed by atoms with Crippen molar-refractivity contribution in [3.63, 3.8) is 0 Å². The molecule has 1 aromatic carbocycles. The summed E-state index contributed by atoms with van der Waals surface area (Å²) in [6.07, 6.45) is 1.39. The quantitative estimate of drug-likeness (QED) is 0.886. The van der Waals surface area contributed by atoms with Crippen LogP contribution in [0.2, 0.25) is 10.0 Å². The maximum absolute atomic E-state index is 11.0. The van der Waals surface area contributed by atoms with Gasteiger partial charge >= 0.3 is 5.97 Å². The van der Waals surface area contributed by atoms with E-state index in [1.165, 1.54) is 12.3 Å². The van der Waals surface area contributed by atoms with E-state index >= 15 is 0 Å². The first kappa shape index (κ1) is 12.7. The molecule has 0 bridgehead atoms. The molecule has 4 nitrogen and oxygen atoms in total. The molecule has 92 valence electrons. The Morgan fingerprint density at radius 3 is 2.56 bits per heavy atom. The summed E-state index contributed by atoms with van der Waals surface area (Å²) >= 11 is 11.7. The molecule has 0 aliphatic carbocycles. The number of carbonyl (C=O) groups is 1. The van der Waals surface area contributed by atoms with Gasteiger partial charge in [0.05, 0.1) is 27.0 Å². The number of hydrogen-bond donors (Lipinski definition) is 2. The van der Waals surface area contributed by atoms with Crippen LogP contribution in [0, 0.1) is 0 Å². The number of hydrogen-bond acceptors (Lipinski definition) is 3. The minimum Gasteiger partial charge on any atom is -0.478 e. The fourth-order valence-electron chi connectivity index (χ4n) is 1.53. The number of nitrogen functional groups attached to an aromatic ring is 1. The molecular weight excluding hydrogens is 275 g/mol. The number of anilines is 1. The zero-order chi connectivity index (χ0) is 13.3. The lowest BCUT2D eigenvalue weighted by Gasteiger charge is -2.08. The summed E-state index contributed by atoms with van der Waals surface area (Å²) in [4.78, 5) is 15.0. The van der Waals surface area contributed by atoms with Gasteiger partial charge < -0.3 is 10.8 Å². The van der Waals surface area contributed by atoms with Crippen molar-refractivity contribution in [2.24, 2.45) is 0 Å². The van der Waals surface area contributed by atoms with E-state index in [-0.39, 0.29) is 11.3 Å². The third-order valence-electron chi connectivity index (χ3n) is 2.41. The van der Waals surface area contributed by atoms with Crippen LogP contribution < -0.4 is 5.73 Å². The van der Waals surface area contributed by atoms with Gasteiger partial charge in [0.1, 0.15) is 0 Å². The first-order valence-electron chi connectivity index (χ1n) is 4.94. The Morgan fingerprint density at radius 2 is 1.94 bits per heavy atom. The van der Waals surface area contributed by atoms with Crippen LogP contribution in [0.4, 0.5) is 5.69 Å². The summed E-state index contributed by atoms with van der Waals surface area (Å²) in [6, 6.07) is 6.22. The molecule has 0 saturated heterocycles. The highest BCUT2D eigenvalue weighted by Gasteiger charge is 2.14. The van der Waals surface area contributed by atoms with Crippen molar-refractivity contribution < 1.29 is 9.90 Å². The molecule has 2 aromatic rings. The molecular formula is C12H8Cl2N2O2. The molecule has 0 amide bonds. The number of nitrogens with zero attached hydrogens (tertiary/aromatic N) is 1. The van der Waals surface area contributed by atoms with Crippen molar-refractivity contribution in [2.75, 3.05) is 5.73 Å². The second kappa shape index (κ2) is 4.84. The van der Waals surface area contributed by atoms with E-state index in [0.29, 0.717) is 21.3 Å². The van der Waals surface area contributed by atoms with Crippen molar-refractivity contribution in [3.8, 4) is 11.3 Å². The van der Waals surface area contributed by atoms with Gasteiger partial charge in [0.15, 0.2) is 0 Å². The third kappa shape index (κ3) is 2.25. The van der Waals surface area contributed by atoms with Crippen molar-refractivity contribution in [1.82, 2.24) is 4.98 Å². The van der Waals surface area contributed by atoms with Gasteiger partial charge in [0.2, 0.25) is 0 Å². The Hall–Kier alpha value is -1.78. The van der Waals surface area contributed by atoms with Crippen LogP contribution in [-0.4, -0.2) is 16.1 Å². The summed E-state index contributed by atoms with van der Waals surface area (Å²) in [5, 5.41) is 9.75. The number of aromatic nitrogens is 1. The Kier molecular flexibility index (Phi) is 3.41. The molecule has 0 aliphatic heterocycles. The van der Waals surface area contributed by atoms with E-state index in [9.17, 15) is 4.79 Å². The van der Waals surface area contributed by atoms with E-state index in [2.05, 4.69) is 4.98 Å².